The minimum Gasteiger partial charge on any atom is -0.481 e. The molecule has 0 aromatic rings. The highest BCUT2D eigenvalue weighted by Crippen LogP contribution is 2.60. The van der Waals surface area contributed by atoms with Crippen LogP contribution in [0.1, 0.15) is 25.7 Å². The minimum atomic E-state index is -0.645. The molecule has 1 spiro atoms. The summed E-state index contributed by atoms with van der Waals surface area (Å²) in [5.74, 6) is -0.280. The molecule has 0 heterocycles. The Labute approximate surface area is 71.4 Å². The summed E-state index contributed by atoms with van der Waals surface area (Å²) in [7, 11) is 0. The van der Waals surface area contributed by atoms with Crippen LogP contribution in [-0.4, -0.2) is 22.8 Å². The second-order valence-electron chi connectivity index (χ2n) is 4.40. The monoisotopic (exact) mass is 170 g/mol. The molecule has 2 saturated carbocycles. The van der Waals surface area contributed by atoms with Crippen LogP contribution in [0.4, 0.5) is 0 Å². The fourth-order valence-corrected chi connectivity index (χ4v) is 2.79. The molecule has 0 bridgehead atoms. The number of carboxylic acid groups (broad SMARTS) is 1. The van der Waals surface area contributed by atoms with Crippen molar-refractivity contribution >= 4 is 5.97 Å². The van der Waals surface area contributed by atoms with Crippen LogP contribution in [0.25, 0.3) is 0 Å². The summed E-state index contributed by atoms with van der Waals surface area (Å²) in [5.41, 5.74) is 0.330. The van der Waals surface area contributed by atoms with Crippen molar-refractivity contribution in [3.05, 3.63) is 0 Å². The zero-order valence-electron chi connectivity index (χ0n) is 6.99. The maximum Gasteiger partial charge on any atom is 0.306 e. The van der Waals surface area contributed by atoms with Crippen LogP contribution in [0.2, 0.25) is 0 Å². The van der Waals surface area contributed by atoms with Crippen molar-refractivity contribution in [1.29, 1.82) is 0 Å². The van der Waals surface area contributed by atoms with Crippen LogP contribution >= 0.6 is 0 Å². The summed E-state index contributed by atoms with van der Waals surface area (Å²) in [6.07, 6.45) is 3.79. The minimum absolute atomic E-state index is 0.0929. The molecule has 0 atom stereocenters. The van der Waals surface area contributed by atoms with Gasteiger partial charge < -0.3 is 10.2 Å². The van der Waals surface area contributed by atoms with Gasteiger partial charge in [0.2, 0.25) is 0 Å². The lowest BCUT2D eigenvalue weighted by Crippen LogP contribution is -2.50. The first-order valence-electron chi connectivity index (χ1n) is 4.49. The highest BCUT2D eigenvalue weighted by atomic mass is 16.4. The van der Waals surface area contributed by atoms with Crippen molar-refractivity contribution in [3.8, 4) is 0 Å². The highest BCUT2D eigenvalue weighted by molar-refractivity contribution is 5.71. The lowest BCUT2D eigenvalue weighted by atomic mass is 9.48. The summed E-state index contributed by atoms with van der Waals surface area (Å²) in [6.45, 7) is 0.277. The Morgan fingerprint density at radius 2 is 1.92 bits per heavy atom. The number of aliphatic hydroxyl groups is 1. The predicted octanol–water partition coefficient (Wildman–Crippen LogP) is 0.870. The third-order valence-electron chi connectivity index (χ3n) is 3.41. The molecule has 2 aliphatic carbocycles. The fourth-order valence-electron chi connectivity index (χ4n) is 2.79. The topological polar surface area (TPSA) is 57.5 Å². The first-order chi connectivity index (χ1) is 5.65. The number of hydrogen-bond donors (Lipinski definition) is 2. The average molecular weight is 170 g/mol. The standard InChI is InChI=1S/C9H14O3/c10-5-6-1-9(2-6)3-7(4-9)8(11)12/h6-7,10H,1-5H2,(H,11,12). The zero-order valence-corrected chi connectivity index (χ0v) is 6.99. The molecule has 0 radical (unpaired) electrons. The van der Waals surface area contributed by atoms with Crippen LogP contribution in [-0.2, 0) is 4.79 Å². The van der Waals surface area contributed by atoms with Crippen molar-refractivity contribution in [2.45, 2.75) is 25.7 Å². The normalized spacial score (nSPS) is 45.1. The van der Waals surface area contributed by atoms with E-state index in [1.807, 2.05) is 0 Å². The Hall–Kier alpha value is -0.570. The Morgan fingerprint density at radius 1 is 1.33 bits per heavy atom. The van der Waals surface area contributed by atoms with Gasteiger partial charge in [-0.15, -0.1) is 0 Å². The molecule has 0 aliphatic heterocycles. The molecule has 0 aromatic heterocycles. The number of carboxylic acids is 1. The second-order valence-corrected chi connectivity index (χ2v) is 4.40. The zero-order chi connectivity index (χ0) is 8.77. The molecule has 2 fully saturated rings. The lowest BCUT2D eigenvalue weighted by molar-refractivity contribution is -0.159. The van der Waals surface area contributed by atoms with E-state index in [-0.39, 0.29) is 12.5 Å². The maximum absolute atomic E-state index is 10.5. The van der Waals surface area contributed by atoms with E-state index in [4.69, 9.17) is 10.2 Å². The van der Waals surface area contributed by atoms with Crippen LogP contribution in [0.15, 0.2) is 0 Å². The summed E-state index contributed by atoms with van der Waals surface area (Å²) in [4.78, 5) is 10.5. The fraction of sp³-hybridized carbons (Fsp3) is 0.889. The molecule has 2 N–H and O–H groups in total. The first kappa shape index (κ1) is 8.05. The van der Waals surface area contributed by atoms with Crippen LogP contribution < -0.4 is 0 Å². The number of hydrogen-bond acceptors (Lipinski definition) is 2. The van der Waals surface area contributed by atoms with Crippen LogP contribution in [0.3, 0.4) is 0 Å². The van der Waals surface area contributed by atoms with Crippen molar-refractivity contribution in [2.75, 3.05) is 6.61 Å². The van der Waals surface area contributed by atoms with Gasteiger partial charge in [-0.05, 0) is 37.0 Å². The van der Waals surface area contributed by atoms with E-state index < -0.39 is 5.97 Å². The smallest absolute Gasteiger partial charge is 0.306 e. The Kier molecular flexibility index (Phi) is 1.65. The van der Waals surface area contributed by atoms with E-state index in [1.165, 1.54) is 0 Å². The maximum atomic E-state index is 10.5. The van der Waals surface area contributed by atoms with Gasteiger partial charge >= 0.3 is 5.97 Å². The molecule has 0 saturated heterocycles. The van der Waals surface area contributed by atoms with Crippen molar-refractivity contribution in [3.63, 3.8) is 0 Å². The predicted molar refractivity (Wildman–Crippen MR) is 42.6 cm³/mol. The molecule has 3 heteroatoms. The van der Waals surface area contributed by atoms with E-state index in [0.29, 0.717) is 11.3 Å². The van der Waals surface area contributed by atoms with Crippen LogP contribution in [0.5, 0.6) is 0 Å². The van der Waals surface area contributed by atoms with Gasteiger partial charge in [-0.1, -0.05) is 0 Å². The van der Waals surface area contributed by atoms with Crippen molar-refractivity contribution in [1.82, 2.24) is 0 Å². The van der Waals surface area contributed by atoms with Crippen LogP contribution in [0, 0.1) is 17.3 Å². The van der Waals surface area contributed by atoms with Gasteiger partial charge in [-0.3, -0.25) is 4.79 Å². The average Bonchev–Trinajstić information content (AvgIpc) is 1.81. The van der Waals surface area contributed by atoms with Gasteiger partial charge in [-0.2, -0.15) is 0 Å². The largest absolute Gasteiger partial charge is 0.481 e. The summed E-state index contributed by atoms with van der Waals surface area (Å²) >= 11 is 0. The van der Waals surface area contributed by atoms with E-state index >= 15 is 0 Å². The summed E-state index contributed by atoms with van der Waals surface area (Å²) in [5, 5.41) is 17.5. The summed E-state index contributed by atoms with van der Waals surface area (Å²) in [6, 6.07) is 0. The molecule has 12 heavy (non-hydrogen) atoms. The number of rotatable bonds is 2. The van der Waals surface area contributed by atoms with E-state index in [9.17, 15) is 4.79 Å². The van der Waals surface area contributed by atoms with Gasteiger partial charge in [-0.25, -0.2) is 0 Å². The quantitative estimate of drug-likeness (QED) is 0.646. The lowest BCUT2D eigenvalue weighted by Gasteiger charge is -2.56. The molecule has 0 amide bonds. The molecule has 68 valence electrons. The molecule has 0 aromatic carbocycles. The van der Waals surface area contributed by atoms with Gasteiger partial charge in [0.05, 0.1) is 5.92 Å². The second kappa shape index (κ2) is 2.46. The number of carbonyl (C=O) groups is 1. The van der Waals surface area contributed by atoms with E-state index in [0.717, 1.165) is 25.7 Å². The SMILES string of the molecule is O=C(O)C1CC2(CC(CO)C2)C1. The van der Waals surface area contributed by atoms with Gasteiger partial charge in [0.15, 0.2) is 0 Å². The molecule has 2 aliphatic rings. The van der Waals surface area contributed by atoms with E-state index in [2.05, 4.69) is 0 Å². The number of aliphatic carboxylic acids is 1. The van der Waals surface area contributed by atoms with E-state index in [1.54, 1.807) is 0 Å². The van der Waals surface area contributed by atoms with Gasteiger partial charge in [0.25, 0.3) is 0 Å². The highest BCUT2D eigenvalue weighted by Gasteiger charge is 2.54. The third-order valence-corrected chi connectivity index (χ3v) is 3.41. The van der Waals surface area contributed by atoms with Gasteiger partial charge in [0.1, 0.15) is 0 Å². The summed E-state index contributed by atoms with van der Waals surface area (Å²) < 4.78 is 0. The molecular formula is C9H14O3. The molecule has 0 unspecified atom stereocenters. The van der Waals surface area contributed by atoms with Crippen molar-refractivity contribution < 1.29 is 15.0 Å². The number of aliphatic hydroxyl groups excluding tert-OH is 1. The Morgan fingerprint density at radius 3 is 2.33 bits per heavy atom. The third kappa shape index (κ3) is 1.04. The molecule has 3 nitrogen and oxygen atoms in total. The van der Waals surface area contributed by atoms with Gasteiger partial charge in [0, 0.05) is 6.61 Å². The molecule has 2 rings (SSSR count). The Bertz CT molecular complexity index is 198. The first-order valence-corrected chi connectivity index (χ1v) is 4.49. The van der Waals surface area contributed by atoms with Crippen molar-refractivity contribution in [2.24, 2.45) is 17.3 Å². The Balaban J connectivity index is 1.79. The molecular weight excluding hydrogens is 156 g/mol.